The Kier molecular flexibility index (Phi) is 3.69. The molecule has 3 nitrogen and oxygen atoms in total. The molecule has 7 heteroatoms. The van der Waals surface area contributed by atoms with E-state index >= 15 is 0 Å². The number of rotatable bonds is 2. The highest BCUT2D eigenvalue weighted by atomic mass is 19.4. The van der Waals surface area contributed by atoms with E-state index in [4.69, 9.17) is 5.11 Å². The lowest BCUT2D eigenvalue weighted by molar-refractivity contribution is -0.137. The number of hydrogen-bond acceptors (Lipinski definition) is 1. The quantitative estimate of drug-likeness (QED) is 0.847. The molecule has 1 N–H and O–H groups in total. The lowest BCUT2D eigenvalue weighted by Gasteiger charge is -2.35. The molecule has 1 fully saturated rings. The molecule has 20 heavy (non-hydrogen) atoms. The molecule has 1 aromatic rings. The lowest BCUT2D eigenvalue weighted by Crippen LogP contribution is -2.48. The van der Waals surface area contributed by atoms with Gasteiger partial charge >= 0.3 is 12.3 Å². The standard InChI is InChI=1S/C13H11F4NO2/c14-11-5-10(13(15,16)17)4-3-9(11)2-1-8-6-18(7-8)12(19)20/h1-5,8H,6-7H2,(H,19,20). The molecule has 0 aromatic heterocycles. The maximum absolute atomic E-state index is 13.5. The van der Waals surface area contributed by atoms with Crippen LogP contribution in [0.2, 0.25) is 0 Å². The molecule has 0 atom stereocenters. The average molecular weight is 289 g/mol. The number of likely N-dealkylation sites (tertiary alicyclic amines) is 1. The summed E-state index contributed by atoms with van der Waals surface area (Å²) in [5.74, 6) is -0.988. The van der Waals surface area contributed by atoms with E-state index in [9.17, 15) is 22.4 Å². The second-order valence-corrected chi connectivity index (χ2v) is 4.54. The van der Waals surface area contributed by atoms with Crippen molar-refractivity contribution >= 4 is 12.2 Å². The summed E-state index contributed by atoms with van der Waals surface area (Å²) in [4.78, 5) is 11.7. The molecule has 0 unspecified atom stereocenters. The van der Waals surface area contributed by atoms with Gasteiger partial charge in [0.25, 0.3) is 0 Å². The highest BCUT2D eigenvalue weighted by molar-refractivity contribution is 5.66. The van der Waals surface area contributed by atoms with E-state index in [1.54, 1.807) is 6.08 Å². The molecule has 108 valence electrons. The third kappa shape index (κ3) is 3.09. The van der Waals surface area contributed by atoms with Crippen LogP contribution < -0.4 is 0 Å². The van der Waals surface area contributed by atoms with Crippen molar-refractivity contribution in [1.82, 2.24) is 4.90 Å². The fraction of sp³-hybridized carbons (Fsp3) is 0.308. The molecule has 1 heterocycles. The number of benzene rings is 1. The highest BCUT2D eigenvalue weighted by Gasteiger charge is 2.31. The lowest BCUT2D eigenvalue weighted by atomic mass is 9.99. The fourth-order valence-electron chi connectivity index (χ4n) is 1.87. The van der Waals surface area contributed by atoms with E-state index in [0.29, 0.717) is 19.2 Å². The van der Waals surface area contributed by atoms with Crippen molar-refractivity contribution in [3.05, 3.63) is 41.2 Å². The number of amides is 1. The molecular formula is C13H11F4NO2. The largest absolute Gasteiger partial charge is 0.465 e. The summed E-state index contributed by atoms with van der Waals surface area (Å²) in [6, 6.07) is 2.32. The molecule has 0 radical (unpaired) electrons. The summed E-state index contributed by atoms with van der Waals surface area (Å²) in [5, 5.41) is 8.62. The van der Waals surface area contributed by atoms with Gasteiger partial charge in [0, 0.05) is 24.6 Å². The van der Waals surface area contributed by atoms with Gasteiger partial charge in [-0.05, 0) is 12.1 Å². The molecule has 1 aromatic carbocycles. The summed E-state index contributed by atoms with van der Waals surface area (Å²) < 4.78 is 50.6. The first-order chi connectivity index (χ1) is 9.27. The first-order valence-electron chi connectivity index (χ1n) is 5.80. The van der Waals surface area contributed by atoms with E-state index in [1.165, 1.54) is 11.0 Å². The van der Waals surface area contributed by atoms with Crippen molar-refractivity contribution in [2.45, 2.75) is 6.18 Å². The normalized spacial score (nSPS) is 16.5. The van der Waals surface area contributed by atoms with Crippen LogP contribution >= 0.6 is 0 Å². The molecule has 1 saturated heterocycles. The number of nitrogens with zero attached hydrogens (tertiary/aromatic N) is 1. The van der Waals surface area contributed by atoms with Crippen LogP contribution in [0, 0.1) is 11.7 Å². The van der Waals surface area contributed by atoms with Gasteiger partial charge in [-0.15, -0.1) is 0 Å². The minimum Gasteiger partial charge on any atom is -0.465 e. The van der Waals surface area contributed by atoms with E-state index in [1.807, 2.05) is 0 Å². The Balaban J connectivity index is 2.02. The maximum Gasteiger partial charge on any atom is 0.416 e. The third-order valence-electron chi connectivity index (χ3n) is 3.06. The van der Waals surface area contributed by atoms with Gasteiger partial charge in [0.2, 0.25) is 0 Å². The minimum atomic E-state index is -4.57. The van der Waals surface area contributed by atoms with Crippen molar-refractivity contribution in [3.8, 4) is 0 Å². The van der Waals surface area contributed by atoms with Crippen LogP contribution in [-0.2, 0) is 6.18 Å². The number of hydrogen-bond donors (Lipinski definition) is 1. The highest BCUT2D eigenvalue weighted by Crippen LogP contribution is 2.30. The van der Waals surface area contributed by atoms with E-state index < -0.39 is 23.7 Å². The van der Waals surface area contributed by atoms with Gasteiger partial charge in [-0.25, -0.2) is 9.18 Å². The molecule has 0 bridgehead atoms. The van der Waals surface area contributed by atoms with E-state index in [2.05, 4.69) is 0 Å². The monoisotopic (exact) mass is 289 g/mol. The Morgan fingerprint density at radius 2 is 2.00 bits per heavy atom. The zero-order chi connectivity index (χ0) is 14.9. The van der Waals surface area contributed by atoms with E-state index in [-0.39, 0.29) is 11.5 Å². The third-order valence-corrected chi connectivity index (χ3v) is 3.06. The predicted molar refractivity (Wildman–Crippen MR) is 63.5 cm³/mol. The van der Waals surface area contributed by atoms with Gasteiger partial charge in [-0.3, -0.25) is 0 Å². The first kappa shape index (κ1) is 14.4. The summed E-state index contributed by atoms with van der Waals surface area (Å²) in [7, 11) is 0. The van der Waals surface area contributed by atoms with Crippen LogP contribution in [0.4, 0.5) is 22.4 Å². The number of carbonyl (C=O) groups is 1. The average Bonchev–Trinajstić information content (AvgIpc) is 2.26. The Morgan fingerprint density at radius 1 is 1.35 bits per heavy atom. The second-order valence-electron chi connectivity index (χ2n) is 4.54. The Labute approximate surface area is 112 Å². The number of halogens is 4. The molecule has 0 spiro atoms. The Morgan fingerprint density at radius 3 is 2.50 bits per heavy atom. The smallest absolute Gasteiger partial charge is 0.416 e. The molecule has 0 aliphatic carbocycles. The van der Waals surface area contributed by atoms with Gasteiger partial charge in [0.15, 0.2) is 0 Å². The fourth-order valence-corrected chi connectivity index (χ4v) is 1.87. The second kappa shape index (κ2) is 5.15. The topological polar surface area (TPSA) is 40.5 Å². The minimum absolute atomic E-state index is 0.0345. The molecule has 2 rings (SSSR count). The van der Waals surface area contributed by atoms with Gasteiger partial charge in [-0.2, -0.15) is 13.2 Å². The van der Waals surface area contributed by atoms with Crippen LogP contribution in [0.5, 0.6) is 0 Å². The van der Waals surface area contributed by atoms with Crippen LogP contribution in [0.15, 0.2) is 24.3 Å². The molecular weight excluding hydrogens is 278 g/mol. The van der Waals surface area contributed by atoms with Gasteiger partial charge < -0.3 is 10.0 Å². The summed E-state index contributed by atoms with van der Waals surface area (Å²) in [5.41, 5.74) is -0.986. The molecule has 1 aliphatic rings. The van der Waals surface area contributed by atoms with Crippen molar-refractivity contribution in [1.29, 1.82) is 0 Å². The predicted octanol–water partition coefficient (Wildman–Crippen LogP) is 3.47. The molecule has 1 amide bonds. The van der Waals surface area contributed by atoms with Gasteiger partial charge in [-0.1, -0.05) is 18.2 Å². The number of alkyl halides is 3. The van der Waals surface area contributed by atoms with Gasteiger partial charge in [0.1, 0.15) is 5.82 Å². The summed E-state index contributed by atoms with van der Waals surface area (Å²) >= 11 is 0. The molecule has 1 aliphatic heterocycles. The van der Waals surface area contributed by atoms with Crippen LogP contribution in [0.1, 0.15) is 11.1 Å². The van der Waals surface area contributed by atoms with Crippen molar-refractivity contribution in [3.63, 3.8) is 0 Å². The van der Waals surface area contributed by atoms with Crippen LogP contribution in [0.3, 0.4) is 0 Å². The van der Waals surface area contributed by atoms with Crippen molar-refractivity contribution in [2.24, 2.45) is 5.92 Å². The zero-order valence-electron chi connectivity index (χ0n) is 10.2. The van der Waals surface area contributed by atoms with Crippen molar-refractivity contribution < 1.29 is 27.5 Å². The summed E-state index contributed by atoms with van der Waals surface area (Å²) in [6.45, 7) is 0.627. The summed E-state index contributed by atoms with van der Waals surface area (Å²) in [6.07, 6.45) is -2.61. The van der Waals surface area contributed by atoms with Crippen molar-refractivity contribution in [2.75, 3.05) is 13.1 Å². The zero-order valence-corrected chi connectivity index (χ0v) is 10.2. The van der Waals surface area contributed by atoms with Crippen LogP contribution in [0.25, 0.3) is 6.08 Å². The van der Waals surface area contributed by atoms with E-state index in [0.717, 1.165) is 12.1 Å². The Bertz CT molecular complexity index is 548. The SMILES string of the molecule is O=C(O)N1CC(C=Cc2ccc(C(F)(F)F)cc2F)C1. The van der Waals surface area contributed by atoms with Gasteiger partial charge in [0.05, 0.1) is 5.56 Å². The van der Waals surface area contributed by atoms with Crippen LogP contribution in [-0.4, -0.2) is 29.2 Å². The number of carboxylic acid groups (broad SMARTS) is 1. The Hall–Kier alpha value is -2.05. The maximum atomic E-state index is 13.5. The first-order valence-corrected chi connectivity index (χ1v) is 5.80. The molecule has 0 saturated carbocycles.